The van der Waals surface area contributed by atoms with Crippen LogP contribution in [0.4, 0.5) is 0 Å². The smallest absolute Gasteiger partial charge is 0.306 e. The number of aliphatic hydroxyl groups is 2. The Labute approximate surface area is 169 Å². The van der Waals surface area contributed by atoms with E-state index in [1.807, 2.05) is 0 Å². The van der Waals surface area contributed by atoms with E-state index in [0.717, 1.165) is 44.2 Å². The maximum absolute atomic E-state index is 10.5. The number of hydrogen-bond donors (Lipinski definition) is 3. The first-order valence-electron chi connectivity index (χ1n) is 11.3. The Hall–Kier alpha value is -1.14. The van der Waals surface area contributed by atoms with Gasteiger partial charge in [-0.25, -0.2) is 0 Å². The molecule has 0 bridgehead atoms. The quantitative estimate of drug-likeness (QED) is 0.285. The number of fused-ring (bicyclic) bond motifs is 1. The Morgan fingerprint density at radius 1 is 1.18 bits per heavy atom. The summed E-state index contributed by atoms with van der Waals surface area (Å²) < 4.78 is 0. The molecule has 2 aliphatic rings. The van der Waals surface area contributed by atoms with Crippen LogP contribution in [-0.4, -0.2) is 45.8 Å². The summed E-state index contributed by atoms with van der Waals surface area (Å²) in [7, 11) is 0. The van der Waals surface area contributed by atoms with Crippen molar-refractivity contribution in [3.8, 4) is 0 Å². The van der Waals surface area contributed by atoms with Crippen molar-refractivity contribution in [2.24, 2.45) is 22.9 Å². The van der Waals surface area contributed by atoms with Crippen molar-refractivity contribution in [2.75, 3.05) is 6.61 Å². The fourth-order valence-corrected chi connectivity index (χ4v) is 4.65. The Balaban J connectivity index is 1.57. The van der Waals surface area contributed by atoms with E-state index < -0.39 is 5.97 Å². The number of rotatable bonds is 15. The van der Waals surface area contributed by atoms with E-state index in [9.17, 15) is 15.0 Å². The average molecular weight is 398 g/mol. The molecule has 5 unspecified atom stereocenters. The summed E-state index contributed by atoms with van der Waals surface area (Å²) in [5.41, 5.74) is 0.959. The highest BCUT2D eigenvalue weighted by atomic mass is 16.6. The van der Waals surface area contributed by atoms with Crippen LogP contribution in [0.3, 0.4) is 0 Å². The van der Waals surface area contributed by atoms with Crippen LogP contribution in [0.15, 0.2) is 5.16 Å². The number of nitrogens with zero attached hydrogens (tertiary/aromatic N) is 1. The number of carbonyl (C=O) groups is 1. The van der Waals surface area contributed by atoms with Gasteiger partial charge in [0.15, 0.2) is 0 Å². The molecule has 2 saturated carbocycles. The molecule has 3 N–H and O–H groups in total. The Morgan fingerprint density at radius 3 is 2.61 bits per heavy atom. The van der Waals surface area contributed by atoms with Crippen LogP contribution in [0.2, 0.25) is 0 Å². The van der Waals surface area contributed by atoms with E-state index in [2.05, 4.69) is 12.1 Å². The summed E-state index contributed by atoms with van der Waals surface area (Å²) in [6, 6.07) is 0. The summed E-state index contributed by atoms with van der Waals surface area (Å²) in [5, 5.41) is 33.4. The number of aliphatic hydroxyl groups excluding tert-OH is 2. The molecule has 0 heterocycles. The number of aliphatic carboxylic acids is 1. The van der Waals surface area contributed by atoms with Gasteiger partial charge < -0.3 is 20.2 Å². The van der Waals surface area contributed by atoms with E-state index in [0.29, 0.717) is 0 Å². The minimum atomic E-state index is -0.891. The van der Waals surface area contributed by atoms with Gasteiger partial charge in [0.25, 0.3) is 0 Å². The summed E-state index contributed by atoms with van der Waals surface area (Å²) in [5.74, 6) is -0.138. The van der Waals surface area contributed by atoms with Crippen LogP contribution >= 0.6 is 0 Å². The molecule has 162 valence electrons. The van der Waals surface area contributed by atoms with Crippen LogP contribution in [0, 0.1) is 17.8 Å². The van der Waals surface area contributed by atoms with Gasteiger partial charge in [-0.3, -0.25) is 4.79 Å². The first-order chi connectivity index (χ1) is 13.5. The molecule has 0 radical (unpaired) electrons. The molecule has 0 spiro atoms. The van der Waals surface area contributed by atoms with Crippen molar-refractivity contribution in [1.29, 1.82) is 0 Å². The molecular formula is C22H39NO5. The normalized spacial score (nSPS) is 28.8. The third-order valence-electron chi connectivity index (χ3n) is 6.47. The summed E-state index contributed by atoms with van der Waals surface area (Å²) in [6.07, 6.45) is 12.3. The molecule has 0 amide bonds. The lowest BCUT2D eigenvalue weighted by atomic mass is 9.73. The number of carboxylic acid groups (broad SMARTS) is 1. The molecule has 6 nitrogen and oxygen atoms in total. The monoisotopic (exact) mass is 397 g/mol. The van der Waals surface area contributed by atoms with E-state index >= 15 is 0 Å². The molecule has 0 saturated heterocycles. The van der Waals surface area contributed by atoms with E-state index in [-0.39, 0.29) is 43.0 Å². The van der Waals surface area contributed by atoms with Crippen LogP contribution in [0.5, 0.6) is 0 Å². The third kappa shape index (κ3) is 7.36. The average Bonchev–Trinajstić information content (AvgIpc) is 2.89. The van der Waals surface area contributed by atoms with Crippen molar-refractivity contribution < 1.29 is 25.0 Å². The van der Waals surface area contributed by atoms with Crippen LogP contribution in [-0.2, 0) is 9.63 Å². The van der Waals surface area contributed by atoms with Crippen LogP contribution in [0.25, 0.3) is 0 Å². The second kappa shape index (κ2) is 12.4. The Bertz CT molecular complexity index is 495. The summed E-state index contributed by atoms with van der Waals surface area (Å²) >= 11 is 0. The lowest BCUT2D eigenvalue weighted by Gasteiger charge is -2.33. The van der Waals surface area contributed by atoms with Gasteiger partial charge in [0.1, 0.15) is 6.61 Å². The zero-order valence-corrected chi connectivity index (χ0v) is 17.4. The first kappa shape index (κ1) is 23.1. The van der Waals surface area contributed by atoms with Crippen molar-refractivity contribution >= 4 is 11.7 Å². The number of carboxylic acids is 1. The number of oxime groups is 1. The highest BCUT2D eigenvalue weighted by molar-refractivity contribution is 5.93. The Kier molecular flexibility index (Phi) is 10.3. The molecule has 0 aromatic carbocycles. The standard InChI is InChI=1S/C22H39NO5/c1-2-3-4-5-6-7-8-9-17(24)11-10-16-14-18-19(22(16)27)15-20(18)23-28-13-12-21(25)26/h16-19,22,24,27H,2-15H2,1H3,(H,25,26). The van der Waals surface area contributed by atoms with E-state index in [4.69, 9.17) is 9.94 Å². The van der Waals surface area contributed by atoms with Gasteiger partial charge in [0.05, 0.1) is 24.3 Å². The second-order valence-corrected chi connectivity index (χ2v) is 8.66. The lowest BCUT2D eigenvalue weighted by molar-refractivity contribution is -0.138. The van der Waals surface area contributed by atoms with Crippen molar-refractivity contribution in [3.63, 3.8) is 0 Å². The Morgan fingerprint density at radius 2 is 1.89 bits per heavy atom. The van der Waals surface area contributed by atoms with Crippen LogP contribution < -0.4 is 0 Å². The van der Waals surface area contributed by atoms with Gasteiger partial charge in [-0.1, -0.05) is 57.0 Å². The molecular weight excluding hydrogens is 358 g/mol. The summed E-state index contributed by atoms with van der Waals surface area (Å²) in [6.45, 7) is 2.32. The van der Waals surface area contributed by atoms with Crippen molar-refractivity contribution in [3.05, 3.63) is 0 Å². The highest BCUT2D eigenvalue weighted by Gasteiger charge is 2.51. The molecule has 0 aliphatic heterocycles. The molecule has 5 atom stereocenters. The first-order valence-corrected chi connectivity index (χ1v) is 11.3. The molecule has 0 aromatic rings. The molecule has 2 rings (SSSR count). The molecule has 2 aliphatic carbocycles. The number of hydrogen-bond acceptors (Lipinski definition) is 5. The lowest BCUT2D eigenvalue weighted by Crippen LogP contribution is -2.38. The number of unbranched alkanes of at least 4 members (excludes halogenated alkanes) is 6. The zero-order chi connectivity index (χ0) is 20.4. The van der Waals surface area contributed by atoms with Crippen LogP contribution in [0.1, 0.15) is 90.4 Å². The largest absolute Gasteiger partial charge is 0.481 e. The maximum Gasteiger partial charge on any atom is 0.306 e. The second-order valence-electron chi connectivity index (χ2n) is 8.66. The zero-order valence-electron chi connectivity index (χ0n) is 17.4. The van der Waals surface area contributed by atoms with Gasteiger partial charge in [0.2, 0.25) is 0 Å². The summed E-state index contributed by atoms with van der Waals surface area (Å²) in [4.78, 5) is 15.6. The fraction of sp³-hybridized carbons (Fsp3) is 0.909. The van der Waals surface area contributed by atoms with E-state index in [1.54, 1.807) is 0 Å². The predicted octanol–water partition coefficient (Wildman–Crippen LogP) is 4.13. The van der Waals surface area contributed by atoms with Gasteiger partial charge in [-0.05, 0) is 43.9 Å². The molecule has 0 aromatic heterocycles. The fourth-order valence-electron chi connectivity index (χ4n) is 4.65. The SMILES string of the molecule is CCCCCCCCCC(O)CCC1CC2C(=NOCCC(=O)O)CC2C1O. The minimum Gasteiger partial charge on any atom is -0.481 e. The molecule has 2 fully saturated rings. The predicted molar refractivity (Wildman–Crippen MR) is 109 cm³/mol. The maximum atomic E-state index is 10.5. The van der Waals surface area contributed by atoms with Gasteiger partial charge in [-0.2, -0.15) is 0 Å². The van der Waals surface area contributed by atoms with Crippen molar-refractivity contribution in [2.45, 2.75) is 103 Å². The topological polar surface area (TPSA) is 99.4 Å². The van der Waals surface area contributed by atoms with Gasteiger partial charge in [0, 0.05) is 5.92 Å². The van der Waals surface area contributed by atoms with E-state index in [1.165, 1.54) is 38.5 Å². The minimum absolute atomic E-state index is 0.0489. The molecule has 28 heavy (non-hydrogen) atoms. The molecule has 6 heteroatoms. The third-order valence-corrected chi connectivity index (χ3v) is 6.47. The van der Waals surface area contributed by atoms with Gasteiger partial charge in [-0.15, -0.1) is 0 Å². The van der Waals surface area contributed by atoms with Gasteiger partial charge >= 0.3 is 5.97 Å². The highest BCUT2D eigenvalue weighted by Crippen LogP contribution is 2.49. The van der Waals surface area contributed by atoms with Crippen molar-refractivity contribution in [1.82, 2.24) is 0 Å².